The van der Waals surface area contributed by atoms with Crippen molar-refractivity contribution in [1.82, 2.24) is 10.6 Å². The van der Waals surface area contributed by atoms with Gasteiger partial charge in [0.25, 0.3) is 0 Å². The molecule has 0 fully saturated rings. The number of hydrogen-bond donors (Lipinski definition) is 3. The topological polar surface area (TPSA) is 56.6 Å². The van der Waals surface area contributed by atoms with Gasteiger partial charge in [-0.2, -0.15) is 0 Å². The van der Waals surface area contributed by atoms with Crippen molar-refractivity contribution in [3.63, 3.8) is 0 Å². The first kappa shape index (κ1) is 13.2. The highest BCUT2D eigenvalue weighted by molar-refractivity contribution is 6.30. The number of benzene rings is 1. The van der Waals surface area contributed by atoms with Gasteiger partial charge >= 0.3 is 0 Å². The Morgan fingerprint density at radius 2 is 2.39 bits per heavy atom. The summed E-state index contributed by atoms with van der Waals surface area (Å²) in [5.41, 5.74) is -0.189. The molecule has 0 aromatic heterocycles. The second-order valence-electron chi connectivity index (χ2n) is 4.65. The standard InChI is InChI=1S/C13H18ClN3O/c1-13(18,10-4-2-5-11(14)8-10)9-17-12-15-6-3-7-16-12/h2,4-5,8,18H,3,6-7,9H2,1H3,(H2,15,16,17). The van der Waals surface area contributed by atoms with Crippen LogP contribution in [0.3, 0.4) is 0 Å². The largest absolute Gasteiger partial charge is 0.384 e. The van der Waals surface area contributed by atoms with E-state index in [1.54, 1.807) is 19.1 Å². The Balaban J connectivity index is 2.00. The first-order chi connectivity index (χ1) is 8.58. The molecule has 0 saturated carbocycles. The maximum atomic E-state index is 10.4. The van der Waals surface area contributed by atoms with E-state index in [2.05, 4.69) is 15.6 Å². The van der Waals surface area contributed by atoms with E-state index in [9.17, 15) is 5.11 Å². The van der Waals surface area contributed by atoms with E-state index in [-0.39, 0.29) is 0 Å². The van der Waals surface area contributed by atoms with Crippen LogP contribution in [0.4, 0.5) is 0 Å². The molecule has 0 aliphatic carbocycles. The van der Waals surface area contributed by atoms with Crippen LogP contribution >= 0.6 is 11.6 Å². The van der Waals surface area contributed by atoms with Crippen molar-refractivity contribution in [3.05, 3.63) is 34.9 Å². The molecule has 1 aromatic rings. The van der Waals surface area contributed by atoms with E-state index >= 15 is 0 Å². The van der Waals surface area contributed by atoms with Crippen LogP contribution in [-0.4, -0.2) is 30.7 Å². The number of aliphatic imine (C=N–C) groups is 1. The van der Waals surface area contributed by atoms with Crippen molar-refractivity contribution < 1.29 is 5.11 Å². The molecule has 1 aliphatic rings. The molecule has 1 aliphatic heterocycles. The summed E-state index contributed by atoms with van der Waals surface area (Å²) >= 11 is 5.93. The minimum absolute atomic E-state index is 0.388. The molecule has 5 heteroatoms. The van der Waals surface area contributed by atoms with Gasteiger partial charge in [0.15, 0.2) is 5.96 Å². The Kier molecular flexibility index (Phi) is 4.09. The Morgan fingerprint density at radius 3 is 3.06 bits per heavy atom. The van der Waals surface area contributed by atoms with Crippen LogP contribution in [0.25, 0.3) is 0 Å². The summed E-state index contributed by atoms with van der Waals surface area (Å²) in [6, 6.07) is 7.27. The second kappa shape index (κ2) is 5.59. The zero-order valence-corrected chi connectivity index (χ0v) is 11.2. The van der Waals surface area contributed by atoms with Gasteiger partial charge in [-0.3, -0.25) is 4.99 Å². The first-order valence-corrected chi connectivity index (χ1v) is 6.46. The van der Waals surface area contributed by atoms with E-state index in [1.807, 2.05) is 12.1 Å². The third kappa shape index (κ3) is 3.37. The van der Waals surface area contributed by atoms with Gasteiger partial charge in [0, 0.05) is 18.1 Å². The average Bonchev–Trinajstić information content (AvgIpc) is 2.38. The zero-order chi connectivity index (χ0) is 13.0. The highest BCUT2D eigenvalue weighted by Crippen LogP contribution is 2.22. The third-order valence-electron chi connectivity index (χ3n) is 2.94. The van der Waals surface area contributed by atoms with Gasteiger partial charge in [0.2, 0.25) is 0 Å². The molecular weight excluding hydrogens is 250 g/mol. The number of halogens is 1. The minimum atomic E-state index is -0.980. The predicted octanol–water partition coefficient (Wildman–Crippen LogP) is 1.49. The lowest BCUT2D eigenvalue weighted by Gasteiger charge is -2.26. The van der Waals surface area contributed by atoms with Crippen molar-refractivity contribution in [2.45, 2.75) is 18.9 Å². The molecule has 0 bridgehead atoms. The van der Waals surface area contributed by atoms with E-state index in [1.165, 1.54) is 0 Å². The Bertz CT molecular complexity index is 446. The maximum absolute atomic E-state index is 10.4. The lowest BCUT2D eigenvalue weighted by Crippen LogP contribution is -2.46. The summed E-state index contributed by atoms with van der Waals surface area (Å²) in [6.07, 6.45) is 1.05. The van der Waals surface area contributed by atoms with Gasteiger partial charge in [0.1, 0.15) is 5.60 Å². The molecule has 18 heavy (non-hydrogen) atoms. The second-order valence-corrected chi connectivity index (χ2v) is 5.08. The fourth-order valence-corrected chi connectivity index (χ4v) is 2.02. The van der Waals surface area contributed by atoms with Crippen molar-refractivity contribution in [2.75, 3.05) is 19.6 Å². The van der Waals surface area contributed by atoms with E-state index in [0.717, 1.165) is 31.0 Å². The van der Waals surface area contributed by atoms with E-state index in [4.69, 9.17) is 11.6 Å². The molecule has 1 atom stereocenters. The van der Waals surface area contributed by atoms with Crippen LogP contribution < -0.4 is 10.6 Å². The van der Waals surface area contributed by atoms with E-state index in [0.29, 0.717) is 11.6 Å². The molecule has 0 saturated heterocycles. The van der Waals surface area contributed by atoms with Crippen LogP contribution in [-0.2, 0) is 5.60 Å². The van der Waals surface area contributed by atoms with Gasteiger partial charge in [-0.05, 0) is 31.0 Å². The Morgan fingerprint density at radius 1 is 1.56 bits per heavy atom. The lowest BCUT2D eigenvalue weighted by molar-refractivity contribution is 0.0616. The predicted molar refractivity (Wildman–Crippen MR) is 73.9 cm³/mol. The molecular formula is C13H18ClN3O. The summed E-state index contributed by atoms with van der Waals surface area (Å²) in [6.45, 7) is 3.90. The molecule has 1 unspecified atom stereocenters. The number of nitrogens with one attached hydrogen (secondary N) is 2. The summed E-state index contributed by atoms with van der Waals surface area (Å²) in [7, 11) is 0. The SMILES string of the molecule is CC(O)(CNC1=NCCCN1)c1cccc(Cl)c1. The number of guanidine groups is 1. The molecule has 1 heterocycles. The first-order valence-electron chi connectivity index (χ1n) is 6.08. The zero-order valence-electron chi connectivity index (χ0n) is 10.4. The van der Waals surface area contributed by atoms with Crippen molar-refractivity contribution in [3.8, 4) is 0 Å². The average molecular weight is 268 g/mol. The van der Waals surface area contributed by atoms with Crippen LogP contribution in [0.1, 0.15) is 18.9 Å². The highest BCUT2D eigenvalue weighted by atomic mass is 35.5. The molecule has 2 rings (SSSR count). The van der Waals surface area contributed by atoms with Crippen molar-refractivity contribution in [1.29, 1.82) is 0 Å². The van der Waals surface area contributed by atoms with Crippen molar-refractivity contribution in [2.24, 2.45) is 4.99 Å². The summed E-state index contributed by atoms with van der Waals surface area (Å²) < 4.78 is 0. The fourth-order valence-electron chi connectivity index (χ4n) is 1.83. The fraction of sp³-hybridized carbons (Fsp3) is 0.462. The molecule has 3 N–H and O–H groups in total. The summed E-state index contributed by atoms with van der Waals surface area (Å²) in [5.74, 6) is 0.753. The normalized spacial score (nSPS) is 18.5. The molecule has 98 valence electrons. The van der Waals surface area contributed by atoms with Gasteiger partial charge in [-0.25, -0.2) is 0 Å². The quantitative estimate of drug-likeness (QED) is 0.778. The van der Waals surface area contributed by atoms with Gasteiger partial charge < -0.3 is 15.7 Å². The monoisotopic (exact) mass is 267 g/mol. The van der Waals surface area contributed by atoms with Crippen LogP contribution in [0.5, 0.6) is 0 Å². The highest BCUT2D eigenvalue weighted by Gasteiger charge is 2.23. The van der Waals surface area contributed by atoms with Crippen molar-refractivity contribution >= 4 is 17.6 Å². The Hall–Kier alpha value is -1.26. The third-order valence-corrected chi connectivity index (χ3v) is 3.18. The number of aliphatic hydroxyl groups is 1. The molecule has 0 spiro atoms. The number of rotatable bonds is 3. The smallest absolute Gasteiger partial charge is 0.191 e. The van der Waals surface area contributed by atoms with Gasteiger partial charge in [-0.15, -0.1) is 0 Å². The van der Waals surface area contributed by atoms with Gasteiger partial charge in [-0.1, -0.05) is 23.7 Å². The molecule has 0 radical (unpaired) electrons. The number of hydrogen-bond acceptors (Lipinski definition) is 4. The Labute approximate surface area is 112 Å². The summed E-state index contributed by atoms with van der Waals surface area (Å²) in [5, 5.41) is 17.3. The van der Waals surface area contributed by atoms with Crippen LogP contribution in [0.2, 0.25) is 5.02 Å². The number of nitrogens with zero attached hydrogens (tertiary/aromatic N) is 1. The maximum Gasteiger partial charge on any atom is 0.191 e. The van der Waals surface area contributed by atoms with Crippen LogP contribution in [0, 0.1) is 0 Å². The molecule has 0 amide bonds. The molecule has 1 aromatic carbocycles. The minimum Gasteiger partial charge on any atom is -0.384 e. The van der Waals surface area contributed by atoms with Crippen LogP contribution in [0.15, 0.2) is 29.3 Å². The van der Waals surface area contributed by atoms with E-state index < -0.39 is 5.60 Å². The molecule has 4 nitrogen and oxygen atoms in total. The summed E-state index contributed by atoms with van der Waals surface area (Å²) in [4.78, 5) is 4.30. The van der Waals surface area contributed by atoms with Gasteiger partial charge in [0.05, 0.1) is 6.54 Å². The lowest BCUT2D eigenvalue weighted by atomic mass is 9.96.